The van der Waals surface area contributed by atoms with Crippen LogP contribution in [-0.4, -0.2) is 22.9 Å². The monoisotopic (exact) mass is 306 g/mol. The van der Waals surface area contributed by atoms with Crippen LogP contribution >= 0.6 is 0 Å². The molecule has 0 aliphatic heterocycles. The predicted molar refractivity (Wildman–Crippen MR) is 94.3 cm³/mol. The van der Waals surface area contributed by atoms with Crippen molar-refractivity contribution in [2.75, 3.05) is 6.61 Å². The van der Waals surface area contributed by atoms with Crippen molar-refractivity contribution >= 4 is 0 Å². The molecule has 2 N–H and O–H groups in total. The maximum absolute atomic E-state index is 9.97. The molecular weight excluding hydrogens is 272 g/mol. The maximum atomic E-state index is 9.97. The number of aliphatic hydroxyl groups is 2. The summed E-state index contributed by atoms with van der Waals surface area (Å²) in [6.07, 6.45) is 2.10. The van der Waals surface area contributed by atoms with Crippen LogP contribution in [0.3, 0.4) is 0 Å². The number of hydrogen-bond acceptors (Lipinski definition) is 2. The van der Waals surface area contributed by atoms with Gasteiger partial charge < -0.3 is 10.2 Å². The summed E-state index contributed by atoms with van der Waals surface area (Å²) in [5.41, 5.74) is 2.63. The van der Waals surface area contributed by atoms with E-state index in [1.54, 1.807) is 0 Å². The second-order valence-electron chi connectivity index (χ2n) is 8.15. The summed E-state index contributed by atoms with van der Waals surface area (Å²) in [7, 11) is 0. The number of aliphatic hydroxyl groups excluding tert-OH is 2. The first kappa shape index (κ1) is 19.2. The van der Waals surface area contributed by atoms with Crippen LogP contribution < -0.4 is 0 Å². The molecule has 0 spiro atoms. The van der Waals surface area contributed by atoms with Crippen LogP contribution in [0.2, 0.25) is 0 Å². The Labute approximate surface area is 136 Å². The van der Waals surface area contributed by atoms with Crippen molar-refractivity contribution in [2.45, 2.75) is 77.7 Å². The van der Waals surface area contributed by atoms with E-state index >= 15 is 0 Å². The quantitative estimate of drug-likeness (QED) is 0.783. The Morgan fingerprint density at radius 2 is 1.45 bits per heavy atom. The van der Waals surface area contributed by atoms with Gasteiger partial charge in [0.2, 0.25) is 0 Å². The second-order valence-corrected chi connectivity index (χ2v) is 8.15. The van der Waals surface area contributed by atoms with Crippen molar-refractivity contribution in [1.29, 1.82) is 0 Å². The summed E-state index contributed by atoms with van der Waals surface area (Å²) >= 11 is 0. The Bertz CT molecular complexity index is 430. The molecule has 1 aromatic carbocycles. The Hall–Kier alpha value is -0.860. The van der Waals surface area contributed by atoms with Crippen LogP contribution in [0.5, 0.6) is 0 Å². The molecule has 0 saturated heterocycles. The summed E-state index contributed by atoms with van der Waals surface area (Å²) in [5.74, 6) is 0.596. The first-order valence-corrected chi connectivity index (χ1v) is 8.52. The fourth-order valence-electron chi connectivity index (χ4n) is 3.19. The van der Waals surface area contributed by atoms with E-state index in [0.717, 1.165) is 12.8 Å². The lowest BCUT2D eigenvalue weighted by molar-refractivity contribution is 0.0647. The van der Waals surface area contributed by atoms with E-state index in [2.05, 4.69) is 65.8 Å². The zero-order valence-electron chi connectivity index (χ0n) is 15.2. The number of benzene rings is 1. The largest absolute Gasteiger partial charge is 0.394 e. The molecule has 0 radical (unpaired) electrons. The molecule has 3 atom stereocenters. The highest BCUT2D eigenvalue weighted by Gasteiger charge is 2.31. The van der Waals surface area contributed by atoms with Gasteiger partial charge in [0.15, 0.2) is 0 Å². The third-order valence-corrected chi connectivity index (χ3v) is 4.84. The molecule has 2 nitrogen and oxygen atoms in total. The lowest BCUT2D eigenvalue weighted by Gasteiger charge is -2.35. The smallest absolute Gasteiger partial charge is 0.0779 e. The van der Waals surface area contributed by atoms with Gasteiger partial charge in [0.25, 0.3) is 0 Å². The highest BCUT2D eigenvalue weighted by Crippen LogP contribution is 2.37. The Kier molecular flexibility index (Phi) is 6.64. The van der Waals surface area contributed by atoms with E-state index in [1.807, 2.05) is 0 Å². The fourth-order valence-corrected chi connectivity index (χ4v) is 3.19. The van der Waals surface area contributed by atoms with E-state index in [-0.39, 0.29) is 17.4 Å². The van der Waals surface area contributed by atoms with Gasteiger partial charge in [-0.2, -0.15) is 0 Å². The van der Waals surface area contributed by atoms with Crippen LogP contribution in [0.4, 0.5) is 0 Å². The van der Waals surface area contributed by atoms with Gasteiger partial charge in [-0.15, -0.1) is 0 Å². The summed E-state index contributed by atoms with van der Waals surface area (Å²) in [6, 6.07) is 8.81. The van der Waals surface area contributed by atoms with Crippen LogP contribution in [0, 0.1) is 5.92 Å². The minimum absolute atomic E-state index is 0.103. The molecule has 0 fully saturated rings. The summed E-state index contributed by atoms with van der Waals surface area (Å²) in [4.78, 5) is 0. The molecule has 0 aromatic heterocycles. The van der Waals surface area contributed by atoms with Crippen molar-refractivity contribution in [3.8, 4) is 0 Å². The van der Waals surface area contributed by atoms with Gasteiger partial charge in [-0.05, 0) is 40.7 Å². The van der Waals surface area contributed by atoms with Gasteiger partial charge in [-0.3, -0.25) is 0 Å². The van der Waals surface area contributed by atoms with Crippen molar-refractivity contribution in [2.24, 2.45) is 5.92 Å². The molecule has 0 aliphatic rings. The molecule has 1 rings (SSSR count). The van der Waals surface area contributed by atoms with Crippen molar-refractivity contribution < 1.29 is 10.2 Å². The SMILES string of the molecule is CCC(C)CC(C)(CC(O)CO)c1ccc(C(C)(C)C)cc1. The zero-order chi connectivity index (χ0) is 17.0. The molecule has 0 saturated carbocycles. The zero-order valence-corrected chi connectivity index (χ0v) is 15.2. The molecule has 1 aromatic rings. The second kappa shape index (κ2) is 7.61. The average Bonchev–Trinajstić information content (AvgIpc) is 2.46. The minimum Gasteiger partial charge on any atom is -0.394 e. The summed E-state index contributed by atoms with van der Waals surface area (Å²) in [5, 5.41) is 19.2. The van der Waals surface area contributed by atoms with E-state index in [9.17, 15) is 10.2 Å². The van der Waals surface area contributed by atoms with Crippen LogP contribution in [-0.2, 0) is 10.8 Å². The Morgan fingerprint density at radius 3 is 1.86 bits per heavy atom. The van der Waals surface area contributed by atoms with E-state index in [0.29, 0.717) is 12.3 Å². The summed E-state index contributed by atoms with van der Waals surface area (Å²) in [6.45, 7) is 13.2. The fraction of sp³-hybridized carbons (Fsp3) is 0.700. The molecule has 0 amide bonds. The molecule has 2 heteroatoms. The molecule has 22 heavy (non-hydrogen) atoms. The van der Waals surface area contributed by atoms with Crippen molar-refractivity contribution in [1.82, 2.24) is 0 Å². The highest BCUT2D eigenvalue weighted by atomic mass is 16.3. The van der Waals surface area contributed by atoms with Gasteiger partial charge in [0.1, 0.15) is 0 Å². The third-order valence-electron chi connectivity index (χ3n) is 4.84. The van der Waals surface area contributed by atoms with Crippen molar-refractivity contribution in [3.05, 3.63) is 35.4 Å². The number of rotatable bonds is 7. The molecule has 0 bridgehead atoms. The molecule has 126 valence electrons. The lowest BCUT2D eigenvalue weighted by Crippen LogP contribution is -2.31. The normalized spacial score (nSPS) is 17.8. The van der Waals surface area contributed by atoms with Gasteiger partial charge >= 0.3 is 0 Å². The topological polar surface area (TPSA) is 40.5 Å². The first-order chi connectivity index (χ1) is 10.1. The standard InChI is InChI=1S/C20H34O2/c1-7-15(2)12-20(6,13-18(22)14-21)17-10-8-16(9-11-17)19(3,4)5/h8-11,15,18,21-22H,7,12-14H2,1-6H3. The molecule has 0 heterocycles. The number of hydrogen-bond donors (Lipinski definition) is 2. The molecular formula is C20H34O2. The predicted octanol–water partition coefficient (Wildman–Crippen LogP) is 4.42. The van der Waals surface area contributed by atoms with E-state index in [4.69, 9.17) is 0 Å². The Balaban J connectivity index is 3.09. The Morgan fingerprint density at radius 1 is 0.955 bits per heavy atom. The first-order valence-electron chi connectivity index (χ1n) is 8.52. The van der Waals surface area contributed by atoms with Crippen molar-refractivity contribution in [3.63, 3.8) is 0 Å². The molecule has 0 aliphatic carbocycles. The van der Waals surface area contributed by atoms with Crippen LogP contribution in [0.1, 0.15) is 71.9 Å². The van der Waals surface area contributed by atoms with Gasteiger partial charge in [-0.1, -0.05) is 72.2 Å². The average molecular weight is 306 g/mol. The van der Waals surface area contributed by atoms with Gasteiger partial charge in [-0.25, -0.2) is 0 Å². The highest BCUT2D eigenvalue weighted by molar-refractivity contribution is 5.32. The van der Waals surface area contributed by atoms with Gasteiger partial charge in [0, 0.05) is 0 Å². The lowest BCUT2D eigenvalue weighted by atomic mass is 9.71. The van der Waals surface area contributed by atoms with Crippen LogP contribution in [0.15, 0.2) is 24.3 Å². The van der Waals surface area contributed by atoms with E-state index in [1.165, 1.54) is 11.1 Å². The summed E-state index contributed by atoms with van der Waals surface area (Å²) < 4.78 is 0. The van der Waals surface area contributed by atoms with Gasteiger partial charge in [0.05, 0.1) is 12.7 Å². The maximum Gasteiger partial charge on any atom is 0.0779 e. The minimum atomic E-state index is -0.656. The van der Waals surface area contributed by atoms with Crippen LogP contribution in [0.25, 0.3) is 0 Å². The molecule has 3 unspecified atom stereocenters. The van der Waals surface area contributed by atoms with E-state index < -0.39 is 6.10 Å². The third kappa shape index (κ3) is 5.10.